The molecule has 0 saturated carbocycles. The number of nitrogens with zero attached hydrogens (tertiary/aromatic N) is 2. The quantitative estimate of drug-likeness (QED) is 0.870. The summed E-state index contributed by atoms with van der Waals surface area (Å²) in [6.45, 7) is 5.04. The van der Waals surface area contributed by atoms with Crippen LogP contribution in [0.2, 0.25) is 0 Å². The minimum Gasteiger partial charge on any atom is -0.354 e. The van der Waals surface area contributed by atoms with Gasteiger partial charge in [0.05, 0.1) is 0 Å². The average Bonchev–Trinajstić information content (AvgIpc) is 2.35. The molecule has 1 aromatic heterocycles. The molecule has 100 valence electrons. The van der Waals surface area contributed by atoms with Crippen molar-refractivity contribution in [2.45, 2.75) is 20.3 Å². The monoisotopic (exact) mass is 320 g/mol. The van der Waals surface area contributed by atoms with Gasteiger partial charge in [0.15, 0.2) is 0 Å². The normalized spacial score (nSPS) is 10.3. The Kier molecular flexibility index (Phi) is 4.74. The Bertz CT molecular complexity index is 537. The van der Waals surface area contributed by atoms with Crippen molar-refractivity contribution in [1.29, 1.82) is 0 Å². The highest BCUT2D eigenvalue weighted by Gasteiger charge is 2.01. The molecule has 0 fully saturated rings. The third kappa shape index (κ3) is 4.21. The van der Waals surface area contributed by atoms with E-state index in [1.165, 1.54) is 5.56 Å². The molecule has 1 aromatic carbocycles. The zero-order chi connectivity index (χ0) is 13.7. The Morgan fingerprint density at radius 3 is 2.84 bits per heavy atom. The lowest BCUT2D eigenvalue weighted by Crippen LogP contribution is -2.05. The smallest absolute Gasteiger partial charge is 0.224 e. The van der Waals surface area contributed by atoms with Gasteiger partial charge in [-0.25, -0.2) is 4.98 Å². The predicted molar refractivity (Wildman–Crippen MR) is 83.0 cm³/mol. The molecule has 2 N–H and O–H groups in total. The molecule has 0 radical (unpaired) electrons. The molecule has 0 bridgehead atoms. The fraction of sp³-hybridized carbons (Fsp3) is 0.286. The second-order valence-electron chi connectivity index (χ2n) is 4.33. The van der Waals surface area contributed by atoms with Crippen LogP contribution in [0.5, 0.6) is 0 Å². The van der Waals surface area contributed by atoms with Crippen molar-refractivity contribution in [2.24, 2.45) is 0 Å². The number of benzene rings is 1. The predicted octanol–water partition coefficient (Wildman–Crippen LogP) is 4.11. The minimum atomic E-state index is 0.651. The van der Waals surface area contributed by atoms with E-state index in [0.717, 1.165) is 28.9 Å². The van der Waals surface area contributed by atoms with Crippen molar-refractivity contribution >= 4 is 33.4 Å². The van der Waals surface area contributed by atoms with Gasteiger partial charge in [-0.15, -0.1) is 0 Å². The first-order chi connectivity index (χ1) is 9.17. The number of nitrogens with one attached hydrogen (secondary N) is 2. The molecular formula is C14H17BrN4. The molecule has 19 heavy (non-hydrogen) atoms. The lowest BCUT2D eigenvalue weighted by atomic mass is 10.2. The topological polar surface area (TPSA) is 49.8 Å². The van der Waals surface area contributed by atoms with Gasteiger partial charge in [-0.1, -0.05) is 22.9 Å². The van der Waals surface area contributed by atoms with Gasteiger partial charge in [-0.2, -0.15) is 4.98 Å². The summed E-state index contributed by atoms with van der Waals surface area (Å²) in [5.74, 6) is 1.43. The summed E-state index contributed by atoms with van der Waals surface area (Å²) >= 11 is 3.49. The fourth-order valence-corrected chi connectivity index (χ4v) is 2.31. The molecule has 0 aliphatic heterocycles. The molecule has 0 spiro atoms. The van der Waals surface area contributed by atoms with Crippen molar-refractivity contribution in [3.05, 3.63) is 40.5 Å². The standard InChI is InChI=1S/C14H17BrN4/c1-3-5-16-14-17-6-4-13(19-14)18-12-8-10(2)7-11(15)9-12/h4,6-9H,3,5H2,1-2H3,(H2,16,17,18,19). The molecule has 4 nitrogen and oxygen atoms in total. The third-order valence-corrected chi connectivity index (χ3v) is 2.96. The van der Waals surface area contributed by atoms with Crippen LogP contribution in [-0.2, 0) is 0 Å². The molecule has 2 rings (SSSR count). The SMILES string of the molecule is CCCNc1nccc(Nc2cc(C)cc(Br)c2)n1. The van der Waals surface area contributed by atoms with Crippen LogP contribution in [0.15, 0.2) is 34.9 Å². The Morgan fingerprint density at radius 2 is 2.11 bits per heavy atom. The van der Waals surface area contributed by atoms with Crippen molar-refractivity contribution < 1.29 is 0 Å². The van der Waals surface area contributed by atoms with Crippen molar-refractivity contribution in [3.8, 4) is 0 Å². The van der Waals surface area contributed by atoms with Crippen LogP contribution in [-0.4, -0.2) is 16.5 Å². The molecule has 0 amide bonds. The molecule has 2 aromatic rings. The molecule has 0 atom stereocenters. The van der Waals surface area contributed by atoms with E-state index in [0.29, 0.717) is 5.95 Å². The minimum absolute atomic E-state index is 0.651. The van der Waals surface area contributed by atoms with Crippen molar-refractivity contribution in [2.75, 3.05) is 17.2 Å². The number of aryl methyl sites for hydroxylation is 1. The van der Waals surface area contributed by atoms with Gasteiger partial charge in [0.1, 0.15) is 5.82 Å². The van der Waals surface area contributed by atoms with Gasteiger partial charge >= 0.3 is 0 Å². The summed E-state index contributed by atoms with van der Waals surface area (Å²) in [7, 11) is 0. The fourth-order valence-electron chi connectivity index (χ4n) is 1.71. The first-order valence-corrected chi connectivity index (χ1v) is 7.08. The van der Waals surface area contributed by atoms with Gasteiger partial charge in [0.2, 0.25) is 5.95 Å². The summed E-state index contributed by atoms with van der Waals surface area (Å²) in [6, 6.07) is 8.02. The molecular weight excluding hydrogens is 304 g/mol. The Morgan fingerprint density at radius 1 is 1.26 bits per heavy atom. The number of halogens is 1. The maximum Gasteiger partial charge on any atom is 0.224 e. The van der Waals surface area contributed by atoms with E-state index in [4.69, 9.17) is 0 Å². The van der Waals surface area contributed by atoms with E-state index in [-0.39, 0.29) is 0 Å². The van der Waals surface area contributed by atoms with Crippen molar-refractivity contribution in [3.63, 3.8) is 0 Å². The van der Waals surface area contributed by atoms with Crippen LogP contribution >= 0.6 is 15.9 Å². The number of aromatic nitrogens is 2. The summed E-state index contributed by atoms with van der Waals surface area (Å²) in [4.78, 5) is 8.60. The van der Waals surface area contributed by atoms with Gasteiger partial charge in [0, 0.05) is 22.9 Å². The first kappa shape index (κ1) is 13.8. The van der Waals surface area contributed by atoms with Crippen LogP contribution in [0.25, 0.3) is 0 Å². The van der Waals surface area contributed by atoms with Gasteiger partial charge in [-0.3, -0.25) is 0 Å². The van der Waals surface area contributed by atoms with Gasteiger partial charge < -0.3 is 10.6 Å². The number of hydrogen-bond acceptors (Lipinski definition) is 4. The van der Waals surface area contributed by atoms with E-state index in [1.807, 2.05) is 12.1 Å². The maximum atomic E-state index is 4.42. The zero-order valence-electron chi connectivity index (χ0n) is 11.1. The summed E-state index contributed by atoms with van der Waals surface area (Å²) < 4.78 is 1.05. The van der Waals surface area contributed by atoms with Crippen LogP contribution in [0.1, 0.15) is 18.9 Å². The van der Waals surface area contributed by atoms with E-state index in [1.54, 1.807) is 6.20 Å². The first-order valence-electron chi connectivity index (χ1n) is 6.28. The lowest BCUT2D eigenvalue weighted by molar-refractivity contribution is 0.953. The van der Waals surface area contributed by atoms with Gasteiger partial charge in [-0.05, 0) is 43.2 Å². The Balaban J connectivity index is 2.13. The van der Waals surface area contributed by atoms with Crippen molar-refractivity contribution in [1.82, 2.24) is 9.97 Å². The summed E-state index contributed by atoms with van der Waals surface area (Å²) in [6.07, 6.45) is 2.80. The maximum absolute atomic E-state index is 4.42. The van der Waals surface area contributed by atoms with Crippen LogP contribution in [0.4, 0.5) is 17.5 Å². The highest BCUT2D eigenvalue weighted by atomic mass is 79.9. The van der Waals surface area contributed by atoms with Gasteiger partial charge in [0.25, 0.3) is 0 Å². The zero-order valence-corrected chi connectivity index (χ0v) is 12.7. The Labute approximate surface area is 121 Å². The highest BCUT2D eigenvalue weighted by Crippen LogP contribution is 2.22. The second kappa shape index (κ2) is 6.52. The average molecular weight is 321 g/mol. The van der Waals surface area contributed by atoms with E-state index >= 15 is 0 Å². The third-order valence-electron chi connectivity index (χ3n) is 2.50. The molecule has 0 aliphatic rings. The van der Waals surface area contributed by atoms with Crippen LogP contribution in [0.3, 0.4) is 0 Å². The molecule has 1 heterocycles. The van der Waals surface area contributed by atoms with E-state index in [9.17, 15) is 0 Å². The summed E-state index contributed by atoms with van der Waals surface area (Å²) in [5, 5.41) is 6.45. The molecule has 0 unspecified atom stereocenters. The van der Waals surface area contributed by atoms with E-state index in [2.05, 4.69) is 62.5 Å². The van der Waals surface area contributed by atoms with E-state index < -0.39 is 0 Å². The number of anilines is 3. The second-order valence-corrected chi connectivity index (χ2v) is 5.25. The number of hydrogen-bond donors (Lipinski definition) is 2. The highest BCUT2D eigenvalue weighted by molar-refractivity contribution is 9.10. The summed E-state index contributed by atoms with van der Waals surface area (Å²) in [5.41, 5.74) is 2.20. The lowest BCUT2D eigenvalue weighted by Gasteiger charge is -2.09. The molecule has 0 aliphatic carbocycles. The Hall–Kier alpha value is -1.62. The largest absolute Gasteiger partial charge is 0.354 e. The van der Waals surface area contributed by atoms with Crippen LogP contribution in [0, 0.1) is 6.92 Å². The van der Waals surface area contributed by atoms with Crippen LogP contribution < -0.4 is 10.6 Å². The number of rotatable bonds is 5. The molecule has 0 saturated heterocycles. The molecule has 5 heteroatoms.